The predicted octanol–water partition coefficient (Wildman–Crippen LogP) is 4.17. The van der Waals surface area contributed by atoms with Crippen LogP contribution in [0, 0.1) is 0 Å². The van der Waals surface area contributed by atoms with Crippen molar-refractivity contribution in [2.24, 2.45) is 0 Å². The first-order valence-corrected chi connectivity index (χ1v) is 19.3. The average Bonchev–Trinajstić information content (AvgIpc) is 2.84. The second-order valence-electron chi connectivity index (χ2n) is 8.87. The molecule has 0 atom stereocenters. The van der Waals surface area contributed by atoms with Crippen LogP contribution in [0.1, 0.15) is 41.5 Å². The number of nitrogens with zero attached hydrogens (tertiary/aromatic N) is 3. The highest BCUT2D eigenvalue weighted by Gasteiger charge is 2.32. The molecule has 13 nitrogen and oxygen atoms in total. The van der Waals surface area contributed by atoms with Gasteiger partial charge in [-0.3, -0.25) is 28.4 Å². The fraction of sp³-hybridized carbons (Fsp3) is 1.00. The van der Waals surface area contributed by atoms with Crippen molar-refractivity contribution in [2.45, 2.75) is 41.5 Å². The van der Waals surface area contributed by atoms with Crippen LogP contribution in [0.2, 0.25) is 0 Å². The normalized spacial score (nSPS) is 18.6. The molecule has 0 aromatic rings. The van der Waals surface area contributed by atoms with Gasteiger partial charge in [0.05, 0.1) is 39.6 Å². The van der Waals surface area contributed by atoms with Crippen LogP contribution < -0.4 is 5.32 Å². The van der Waals surface area contributed by atoms with E-state index in [1.165, 1.54) is 0 Å². The lowest BCUT2D eigenvalue weighted by Gasteiger charge is -2.34. The summed E-state index contributed by atoms with van der Waals surface area (Å²) in [6.45, 7) is 17.1. The molecular formula is C23H53N4O9P3. The van der Waals surface area contributed by atoms with Crippen molar-refractivity contribution in [2.75, 3.05) is 111 Å². The van der Waals surface area contributed by atoms with E-state index >= 15 is 0 Å². The highest BCUT2D eigenvalue weighted by molar-refractivity contribution is 7.54. The molecule has 0 amide bonds. The second-order valence-corrected chi connectivity index (χ2v) is 14.9. The number of hydrogen-bond acceptors (Lipinski definition) is 13. The molecule has 0 radical (unpaired) electrons. The minimum absolute atomic E-state index is 0.109. The molecule has 234 valence electrons. The third kappa shape index (κ3) is 15.4. The quantitative estimate of drug-likeness (QED) is 0.220. The minimum atomic E-state index is -3.36. The molecule has 0 aliphatic carbocycles. The highest BCUT2D eigenvalue weighted by atomic mass is 31.2. The Labute approximate surface area is 236 Å². The Bertz CT molecular complexity index is 720. The summed E-state index contributed by atoms with van der Waals surface area (Å²) in [5.74, 6) is 0. The monoisotopic (exact) mass is 622 g/mol. The Hall–Kier alpha value is 0.290. The predicted molar refractivity (Wildman–Crippen MR) is 155 cm³/mol. The highest BCUT2D eigenvalue weighted by Crippen LogP contribution is 2.50. The van der Waals surface area contributed by atoms with Crippen molar-refractivity contribution in [1.29, 1.82) is 0 Å². The molecule has 1 fully saturated rings. The molecule has 0 saturated carbocycles. The van der Waals surface area contributed by atoms with Crippen molar-refractivity contribution in [3.05, 3.63) is 0 Å². The van der Waals surface area contributed by atoms with Crippen LogP contribution in [0.15, 0.2) is 0 Å². The first kappa shape index (κ1) is 37.3. The van der Waals surface area contributed by atoms with Crippen LogP contribution in [0.5, 0.6) is 0 Å². The van der Waals surface area contributed by atoms with Crippen molar-refractivity contribution in [3.63, 3.8) is 0 Å². The lowest BCUT2D eigenvalue weighted by atomic mass is 10.4. The fourth-order valence-electron chi connectivity index (χ4n) is 4.20. The first-order chi connectivity index (χ1) is 18.6. The Morgan fingerprint density at radius 2 is 0.692 bits per heavy atom. The van der Waals surface area contributed by atoms with Gasteiger partial charge >= 0.3 is 22.8 Å². The lowest BCUT2D eigenvalue weighted by molar-refractivity contribution is 0.155. The van der Waals surface area contributed by atoms with Crippen molar-refractivity contribution < 1.29 is 40.8 Å². The maximum atomic E-state index is 13.4. The van der Waals surface area contributed by atoms with Gasteiger partial charge in [0.15, 0.2) is 0 Å². The molecule has 1 N–H and O–H groups in total. The number of nitrogens with one attached hydrogen (secondary N) is 1. The largest absolute Gasteiger partial charge is 0.344 e. The van der Waals surface area contributed by atoms with E-state index in [9.17, 15) is 13.7 Å². The zero-order valence-electron chi connectivity index (χ0n) is 24.9. The van der Waals surface area contributed by atoms with Gasteiger partial charge in [-0.05, 0) is 41.5 Å². The second kappa shape index (κ2) is 20.2. The molecule has 0 aromatic heterocycles. The van der Waals surface area contributed by atoms with E-state index in [2.05, 4.69) is 15.1 Å². The van der Waals surface area contributed by atoms with E-state index in [-0.39, 0.29) is 32.1 Å². The number of rotatable bonds is 18. The Morgan fingerprint density at radius 1 is 0.462 bits per heavy atom. The fourth-order valence-corrected chi connectivity index (χ4v) is 9.59. The summed E-state index contributed by atoms with van der Waals surface area (Å²) in [5, 5.41) is 3.42. The summed E-state index contributed by atoms with van der Waals surface area (Å²) in [5.41, 5.74) is 0. The topological polar surface area (TPSA) is 128 Å². The van der Waals surface area contributed by atoms with Crippen LogP contribution in [0.4, 0.5) is 0 Å². The van der Waals surface area contributed by atoms with E-state index in [1.807, 2.05) is 4.90 Å². The number of hydrogen-bond donors (Lipinski definition) is 1. The molecule has 1 aliphatic heterocycles. The van der Waals surface area contributed by atoms with Gasteiger partial charge in [0.1, 0.15) is 18.9 Å². The van der Waals surface area contributed by atoms with E-state index in [0.29, 0.717) is 78.8 Å². The van der Waals surface area contributed by atoms with E-state index in [1.54, 1.807) is 41.5 Å². The molecule has 1 saturated heterocycles. The van der Waals surface area contributed by atoms with E-state index in [0.717, 1.165) is 0 Å². The van der Waals surface area contributed by atoms with Crippen molar-refractivity contribution in [1.82, 2.24) is 20.0 Å². The molecule has 39 heavy (non-hydrogen) atoms. The summed E-state index contributed by atoms with van der Waals surface area (Å²) < 4.78 is 73.2. The summed E-state index contributed by atoms with van der Waals surface area (Å²) in [7, 11) is -9.93. The van der Waals surface area contributed by atoms with Gasteiger partial charge in [0.2, 0.25) is 0 Å². The molecule has 16 heteroatoms. The minimum Gasteiger partial charge on any atom is -0.314 e. The SMILES string of the molecule is CCOP(=O)(CN1CCNCCN(CP(=O)(OCC)OCC)CCN(CP(=O)(OCC)OCC)CC1)OCC. The van der Waals surface area contributed by atoms with Crippen LogP contribution >= 0.6 is 22.8 Å². The maximum Gasteiger partial charge on any atom is 0.344 e. The van der Waals surface area contributed by atoms with Gasteiger partial charge in [-0.15, -0.1) is 0 Å². The van der Waals surface area contributed by atoms with Crippen LogP contribution in [0.3, 0.4) is 0 Å². The third-order valence-corrected chi connectivity index (χ3v) is 11.9. The Morgan fingerprint density at radius 3 is 0.923 bits per heavy atom. The zero-order chi connectivity index (χ0) is 29.2. The van der Waals surface area contributed by atoms with Crippen LogP contribution in [-0.4, -0.2) is 126 Å². The standard InChI is InChI=1S/C23H53N4O9P3/c1-7-31-37(28,32-8-2)21-25-15-13-24-14-16-26(22-38(29,33-9-3)34-10-4)18-20-27(19-17-25)23-39(30,35-11-5)36-12-6/h24H,7-23H2,1-6H3. The maximum absolute atomic E-state index is 13.4. The van der Waals surface area contributed by atoms with Gasteiger partial charge in [0, 0.05) is 52.4 Å². The third-order valence-electron chi connectivity index (χ3n) is 5.75. The van der Waals surface area contributed by atoms with Gasteiger partial charge in [-0.25, -0.2) is 0 Å². The van der Waals surface area contributed by atoms with E-state index in [4.69, 9.17) is 27.1 Å². The summed E-state index contributed by atoms with van der Waals surface area (Å²) in [4.78, 5) is 6.13. The van der Waals surface area contributed by atoms with Crippen molar-refractivity contribution >= 4 is 22.8 Å². The lowest BCUT2D eigenvalue weighted by Crippen LogP contribution is -2.45. The molecule has 0 spiro atoms. The zero-order valence-corrected chi connectivity index (χ0v) is 27.6. The van der Waals surface area contributed by atoms with E-state index < -0.39 is 22.8 Å². The first-order valence-electron chi connectivity index (χ1n) is 14.1. The van der Waals surface area contributed by atoms with Gasteiger partial charge in [-0.2, -0.15) is 0 Å². The molecule has 0 bridgehead atoms. The molecular weight excluding hydrogens is 569 g/mol. The molecule has 1 heterocycles. The molecule has 0 unspecified atom stereocenters. The smallest absolute Gasteiger partial charge is 0.314 e. The van der Waals surface area contributed by atoms with Gasteiger partial charge in [-0.1, -0.05) is 0 Å². The van der Waals surface area contributed by atoms with Crippen LogP contribution in [0.25, 0.3) is 0 Å². The summed E-state index contributed by atoms with van der Waals surface area (Å²) in [6, 6.07) is 0. The van der Waals surface area contributed by atoms with Crippen LogP contribution in [-0.2, 0) is 40.8 Å². The van der Waals surface area contributed by atoms with Crippen molar-refractivity contribution in [3.8, 4) is 0 Å². The summed E-state index contributed by atoms with van der Waals surface area (Å²) >= 11 is 0. The molecule has 1 rings (SSSR count). The Kier molecular flexibility index (Phi) is 19.4. The summed E-state index contributed by atoms with van der Waals surface area (Å²) in [6.07, 6.45) is 0.436. The van der Waals surface area contributed by atoms with Gasteiger partial charge in [0.25, 0.3) is 0 Å². The average molecular weight is 623 g/mol. The molecule has 1 aliphatic rings. The Balaban J connectivity index is 3.14. The van der Waals surface area contributed by atoms with Gasteiger partial charge < -0.3 is 32.5 Å². The molecule has 0 aromatic carbocycles.